The summed E-state index contributed by atoms with van der Waals surface area (Å²) in [6.45, 7) is -0.00935. The molecular weight excluding hydrogens is 314 g/mol. The van der Waals surface area contributed by atoms with Crippen molar-refractivity contribution in [3.05, 3.63) is 29.8 Å². The van der Waals surface area contributed by atoms with Gasteiger partial charge in [0.05, 0.1) is 11.3 Å². The first-order valence-corrected chi connectivity index (χ1v) is 8.21. The first-order valence-electron chi connectivity index (χ1n) is 6.08. The van der Waals surface area contributed by atoms with Crippen LogP contribution < -0.4 is 20.9 Å². The van der Waals surface area contributed by atoms with E-state index in [1.165, 1.54) is 0 Å². The van der Waals surface area contributed by atoms with E-state index < -0.39 is 10.0 Å². The van der Waals surface area contributed by atoms with Crippen LogP contribution in [0.5, 0.6) is 5.75 Å². The zero-order chi connectivity index (χ0) is 15.9. The number of hydrogen-bond donors (Lipinski definition) is 3. The number of nitrogens with one attached hydrogen (secondary N) is 1. The van der Waals surface area contributed by atoms with E-state index in [0.29, 0.717) is 11.3 Å². The average Bonchev–Trinajstić information content (AvgIpc) is 2.40. The van der Waals surface area contributed by atoms with Crippen molar-refractivity contribution in [1.29, 1.82) is 0 Å². The maximum absolute atomic E-state index is 11.5. The van der Waals surface area contributed by atoms with Crippen LogP contribution in [0.2, 0.25) is 0 Å². The Labute approximate surface area is 128 Å². The molecule has 0 aliphatic rings. The smallest absolute Gasteiger partial charge is 0.257 e. The Hall–Kier alpha value is -1.71. The minimum Gasteiger partial charge on any atom is -0.483 e. The van der Waals surface area contributed by atoms with Crippen LogP contribution in [0.4, 0.5) is 0 Å². The lowest BCUT2D eigenvalue weighted by Gasteiger charge is -2.10. The number of amides is 1. The number of hydrogen-bond acceptors (Lipinski definition) is 5. The summed E-state index contributed by atoms with van der Waals surface area (Å²) in [7, 11) is -3.50. The molecule has 1 aromatic rings. The molecule has 0 fully saturated rings. The Morgan fingerprint density at radius 1 is 1.33 bits per heavy atom. The third kappa shape index (κ3) is 7.02. The molecule has 21 heavy (non-hydrogen) atoms. The van der Waals surface area contributed by atoms with Crippen molar-refractivity contribution in [2.75, 3.05) is 18.9 Å². The Morgan fingerprint density at radius 2 is 2.00 bits per heavy atom. The second-order valence-electron chi connectivity index (χ2n) is 4.22. The molecule has 0 aromatic heterocycles. The van der Waals surface area contributed by atoms with Crippen molar-refractivity contribution in [2.24, 2.45) is 10.9 Å². The third-order valence-corrected chi connectivity index (χ3v) is 3.52. The molecule has 0 radical (unpaired) electrons. The van der Waals surface area contributed by atoms with Crippen molar-refractivity contribution in [3.8, 4) is 5.75 Å². The molecule has 1 rings (SSSR count). The first kappa shape index (κ1) is 17.3. The SMILES string of the molecule is NC(=S)c1ccccc1OCC(=O)NCCCS(N)(=O)=O. The molecule has 5 N–H and O–H groups in total. The van der Waals surface area contributed by atoms with Gasteiger partial charge in [0.1, 0.15) is 10.7 Å². The number of sulfonamides is 1. The van der Waals surface area contributed by atoms with Crippen molar-refractivity contribution in [1.82, 2.24) is 5.32 Å². The first-order chi connectivity index (χ1) is 9.79. The Balaban J connectivity index is 2.38. The maximum Gasteiger partial charge on any atom is 0.257 e. The standard InChI is InChI=1S/C12H17N3O4S2/c13-12(20)9-4-1-2-5-10(9)19-8-11(16)15-6-3-7-21(14,17)18/h1-2,4-5H,3,6-8H2,(H2,13,20)(H,15,16)(H2,14,17,18). The monoisotopic (exact) mass is 331 g/mol. The minimum atomic E-state index is -3.50. The maximum atomic E-state index is 11.5. The number of carbonyl (C=O) groups excluding carboxylic acids is 1. The molecule has 0 aliphatic heterocycles. The van der Waals surface area contributed by atoms with Crippen molar-refractivity contribution >= 4 is 33.1 Å². The van der Waals surface area contributed by atoms with E-state index in [1.807, 2.05) is 0 Å². The largest absolute Gasteiger partial charge is 0.483 e. The molecule has 0 heterocycles. The normalized spacial score (nSPS) is 10.9. The number of benzene rings is 1. The zero-order valence-electron chi connectivity index (χ0n) is 11.2. The van der Waals surface area contributed by atoms with Gasteiger partial charge in [-0.25, -0.2) is 13.6 Å². The number of carbonyl (C=O) groups is 1. The van der Waals surface area contributed by atoms with E-state index in [9.17, 15) is 13.2 Å². The summed E-state index contributed by atoms with van der Waals surface area (Å²) in [5.74, 6) is -0.134. The summed E-state index contributed by atoms with van der Waals surface area (Å²) < 4.78 is 26.7. The summed E-state index contributed by atoms with van der Waals surface area (Å²) in [4.78, 5) is 11.7. The summed E-state index contributed by atoms with van der Waals surface area (Å²) in [5.41, 5.74) is 6.09. The minimum absolute atomic E-state index is 0.180. The van der Waals surface area contributed by atoms with Gasteiger partial charge in [-0.2, -0.15) is 0 Å². The van der Waals surface area contributed by atoms with E-state index in [-0.39, 0.29) is 36.2 Å². The highest BCUT2D eigenvalue weighted by Gasteiger charge is 2.08. The summed E-state index contributed by atoms with van der Waals surface area (Å²) in [6.07, 6.45) is 0.244. The van der Waals surface area contributed by atoms with Crippen LogP contribution in [-0.2, 0) is 14.8 Å². The van der Waals surface area contributed by atoms with Gasteiger partial charge in [0.15, 0.2) is 6.61 Å². The zero-order valence-corrected chi connectivity index (χ0v) is 12.9. The summed E-state index contributed by atoms with van der Waals surface area (Å²) in [5, 5.41) is 7.37. The van der Waals surface area contributed by atoms with Crippen LogP contribution >= 0.6 is 12.2 Å². The summed E-state index contributed by atoms with van der Waals surface area (Å²) in [6, 6.07) is 6.85. The molecule has 0 bridgehead atoms. The van der Waals surface area contributed by atoms with Crippen LogP contribution in [0.15, 0.2) is 24.3 Å². The van der Waals surface area contributed by atoms with Crippen molar-refractivity contribution in [2.45, 2.75) is 6.42 Å². The fourth-order valence-electron chi connectivity index (χ4n) is 1.49. The molecule has 9 heteroatoms. The third-order valence-electron chi connectivity index (χ3n) is 2.44. The second-order valence-corrected chi connectivity index (χ2v) is 6.39. The molecule has 1 amide bonds. The van der Waals surface area contributed by atoms with Crippen LogP contribution in [-0.4, -0.2) is 38.2 Å². The molecule has 0 aliphatic carbocycles. The highest BCUT2D eigenvalue weighted by molar-refractivity contribution is 7.89. The molecule has 0 unspecified atom stereocenters. The van der Waals surface area contributed by atoms with Gasteiger partial charge in [0.25, 0.3) is 5.91 Å². The van der Waals surface area contributed by atoms with Gasteiger partial charge in [0.2, 0.25) is 10.0 Å². The van der Waals surface area contributed by atoms with Gasteiger partial charge >= 0.3 is 0 Å². The second kappa shape index (κ2) is 7.91. The van der Waals surface area contributed by atoms with E-state index in [4.69, 9.17) is 27.8 Å². The number of thiocarbonyl (C=S) groups is 1. The van der Waals surface area contributed by atoms with Crippen LogP contribution in [0.25, 0.3) is 0 Å². The Bertz CT molecular complexity index is 617. The fraction of sp³-hybridized carbons (Fsp3) is 0.333. The number of primary sulfonamides is 1. The van der Waals surface area contributed by atoms with Crippen molar-refractivity contribution < 1.29 is 17.9 Å². The van der Waals surface area contributed by atoms with Gasteiger partial charge in [0, 0.05) is 6.54 Å². The van der Waals surface area contributed by atoms with E-state index in [2.05, 4.69) is 5.32 Å². The van der Waals surface area contributed by atoms with E-state index in [0.717, 1.165) is 0 Å². The fourth-order valence-corrected chi connectivity index (χ4v) is 2.21. The Morgan fingerprint density at radius 3 is 2.62 bits per heavy atom. The highest BCUT2D eigenvalue weighted by atomic mass is 32.2. The van der Waals surface area contributed by atoms with Crippen LogP contribution in [0.3, 0.4) is 0 Å². The highest BCUT2D eigenvalue weighted by Crippen LogP contribution is 2.17. The Kier molecular flexibility index (Phi) is 6.53. The van der Waals surface area contributed by atoms with Gasteiger partial charge < -0.3 is 15.8 Å². The quantitative estimate of drug-likeness (QED) is 0.435. The molecule has 0 saturated heterocycles. The summed E-state index contributed by atoms with van der Waals surface area (Å²) >= 11 is 4.88. The molecular formula is C12H17N3O4S2. The lowest BCUT2D eigenvalue weighted by Crippen LogP contribution is -2.31. The van der Waals surface area contributed by atoms with Gasteiger partial charge in [-0.1, -0.05) is 24.4 Å². The molecule has 0 spiro atoms. The average molecular weight is 331 g/mol. The number of ether oxygens (including phenoxy) is 1. The van der Waals surface area contributed by atoms with Crippen molar-refractivity contribution in [3.63, 3.8) is 0 Å². The molecule has 0 atom stereocenters. The predicted molar refractivity (Wildman–Crippen MR) is 83.4 cm³/mol. The topological polar surface area (TPSA) is 125 Å². The van der Waals surface area contributed by atoms with Crippen LogP contribution in [0, 0.1) is 0 Å². The van der Waals surface area contributed by atoms with Crippen LogP contribution in [0.1, 0.15) is 12.0 Å². The molecule has 116 valence electrons. The lowest BCUT2D eigenvalue weighted by molar-refractivity contribution is -0.123. The van der Waals surface area contributed by atoms with Gasteiger partial charge in [-0.3, -0.25) is 4.79 Å². The lowest BCUT2D eigenvalue weighted by atomic mass is 10.2. The number of nitrogens with two attached hydrogens (primary N) is 2. The molecule has 7 nitrogen and oxygen atoms in total. The molecule has 0 saturated carbocycles. The van der Waals surface area contributed by atoms with Gasteiger partial charge in [-0.05, 0) is 18.6 Å². The van der Waals surface area contributed by atoms with Gasteiger partial charge in [-0.15, -0.1) is 0 Å². The predicted octanol–water partition coefficient (Wildman–Crippen LogP) is -0.506. The molecule has 1 aromatic carbocycles. The number of para-hydroxylation sites is 1. The van der Waals surface area contributed by atoms with E-state index >= 15 is 0 Å². The number of rotatable bonds is 8. The van der Waals surface area contributed by atoms with E-state index in [1.54, 1.807) is 24.3 Å².